The van der Waals surface area contributed by atoms with Crippen LogP contribution < -0.4 is 24.8 Å². The molecule has 0 amide bonds. The van der Waals surface area contributed by atoms with E-state index in [1.807, 2.05) is 72.8 Å². The van der Waals surface area contributed by atoms with E-state index in [0.717, 1.165) is 7.11 Å². The number of benzene rings is 3. The van der Waals surface area contributed by atoms with Gasteiger partial charge in [-0.15, -0.1) is 41.5 Å². The first-order chi connectivity index (χ1) is 13.7. The third-order valence-corrected chi connectivity index (χ3v) is 4.16. The van der Waals surface area contributed by atoms with Crippen molar-refractivity contribution in [2.45, 2.75) is 20.8 Å². The summed E-state index contributed by atoms with van der Waals surface area (Å²) in [5.41, 5.74) is 5.50. The van der Waals surface area contributed by atoms with Gasteiger partial charge in [-0.2, -0.15) is 72.8 Å². The quantitative estimate of drug-likeness (QED) is 0.390. The molecule has 0 fully saturated rings. The normalized spacial score (nSPS) is 12.9. The van der Waals surface area contributed by atoms with Crippen LogP contribution in [0.1, 0.15) is 26.3 Å². The number of aliphatic hydroxyl groups excluding tert-OH is 1. The summed E-state index contributed by atoms with van der Waals surface area (Å²) in [6.45, 7) is 6.63. The second-order valence-corrected chi connectivity index (χ2v) is 6.11. The van der Waals surface area contributed by atoms with Gasteiger partial charge in [0.25, 0.3) is 0 Å². The minimum Gasteiger partial charge on any atom is -1.00 e. The van der Waals surface area contributed by atoms with Crippen LogP contribution in [0, 0.1) is 24.1 Å². The zero-order chi connectivity index (χ0) is 20.6. The third kappa shape index (κ3) is 13.4. The molecule has 0 radical (unpaired) electrons. The van der Waals surface area contributed by atoms with Crippen molar-refractivity contribution in [2.75, 3.05) is 7.11 Å². The third-order valence-electron chi connectivity index (χ3n) is 4.16. The maximum Gasteiger partial charge on any atom is 2.00 e. The van der Waals surface area contributed by atoms with Crippen LogP contribution in [0.3, 0.4) is 0 Å². The Bertz CT molecular complexity index is 735. The maximum atomic E-state index is 7.00. The van der Waals surface area contributed by atoms with Gasteiger partial charge in [-0.3, -0.25) is 0 Å². The molecule has 1 atom stereocenters. The molecule has 3 aromatic rings. The second-order valence-electron chi connectivity index (χ2n) is 6.11. The molecule has 0 spiro atoms. The summed E-state index contributed by atoms with van der Waals surface area (Å²) >= 11 is 0. The van der Waals surface area contributed by atoms with Crippen molar-refractivity contribution >= 4 is 5.57 Å². The molecule has 1 N–H and O–H groups in total. The van der Waals surface area contributed by atoms with Gasteiger partial charge in [-0.05, 0) is 19.8 Å². The molecule has 4 heteroatoms. The van der Waals surface area contributed by atoms with Crippen LogP contribution in [-0.2, 0) is 21.7 Å². The average molecular weight is 488 g/mol. The van der Waals surface area contributed by atoms with Gasteiger partial charge in [0.15, 0.2) is 0 Å². The molecule has 1 nitrogen and oxygen atoms in total. The zero-order valence-electron chi connectivity index (χ0n) is 18.4. The molecule has 0 saturated heterocycles. The molecule has 1 aliphatic carbocycles. The first kappa shape index (κ1) is 34.0. The maximum absolute atomic E-state index is 7.00. The number of hydrogen-bond acceptors (Lipinski definition) is 1. The Morgan fingerprint density at radius 3 is 1.42 bits per heavy atom. The standard InChI is InChI=1S/C14H15.2C6H5.CH4O.2ClH.Ti/c1-10-9-11(2)14(12(10)3)13-7-5-4-6-8-13;2*1-2-4-6-5-3-1;1-2;;;/h4-7,9,11H,1-3H3;2*1-5H;2H,1H3;2*1H;/q3*-1;;;;+2/p-2. The molecular formula is C27H29Cl2OTi-3. The van der Waals surface area contributed by atoms with Crippen LogP contribution in [0.2, 0.25) is 0 Å². The summed E-state index contributed by atoms with van der Waals surface area (Å²) in [5, 5.41) is 7.00. The van der Waals surface area contributed by atoms with Crippen LogP contribution >= 0.6 is 0 Å². The van der Waals surface area contributed by atoms with E-state index in [9.17, 15) is 0 Å². The SMILES string of the molecule is CC1=CC(C)C(c2[c-]cccc2)=C1C.CO.[Cl-].[Cl-].[Ti+2].[c-]1ccccc1.[c-]1ccccc1. The summed E-state index contributed by atoms with van der Waals surface area (Å²) in [4.78, 5) is 0. The van der Waals surface area contributed by atoms with Crippen LogP contribution in [0.4, 0.5) is 0 Å². The second kappa shape index (κ2) is 21.6. The number of hydrogen-bond donors (Lipinski definition) is 1. The number of aliphatic hydroxyl groups is 1. The van der Waals surface area contributed by atoms with Crippen molar-refractivity contribution in [2.24, 2.45) is 5.92 Å². The van der Waals surface area contributed by atoms with E-state index in [1.54, 1.807) is 0 Å². The molecule has 0 saturated carbocycles. The van der Waals surface area contributed by atoms with E-state index in [1.165, 1.54) is 22.3 Å². The Morgan fingerprint density at radius 1 is 0.710 bits per heavy atom. The van der Waals surface area contributed by atoms with Crippen LogP contribution in [0.5, 0.6) is 0 Å². The molecule has 31 heavy (non-hydrogen) atoms. The summed E-state index contributed by atoms with van der Waals surface area (Å²) in [6.07, 6.45) is 2.32. The minimum atomic E-state index is 0. The largest absolute Gasteiger partial charge is 2.00 e. The predicted molar refractivity (Wildman–Crippen MR) is 119 cm³/mol. The minimum absolute atomic E-state index is 0. The molecule has 4 rings (SSSR count). The monoisotopic (exact) mass is 487 g/mol. The molecule has 0 aliphatic heterocycles. The molecule has 0 aromatic heterocycles. The van der Waals surface area contributed by atoms with Gasteiger partial charge in [0, 0.05) is 7.11 Å². The van der Waals surface area contributed by atoms with E-state index in [0.29, 0.717) is 5.92 Å². The van der Waals surface area contributed by atoms with Crippen molar-refractivity contribution in [3.63, 3.8) is 0 Å². The van der Waals surface area contributed by atoms with Crippen LogP contribution in [0.15, 0.2) is 102 Å². The van der Waals surface area contributed by atoms with Crippen LogP contribution in [-0.4, -0.2) is 12.2 Å². The Labute approximate surface area is 216 Å². The molecule has 0 bridgehead atoms. The van der Waals surface area contributed by atoms with E-state index >= 15 is 0 Å². The number of halogens is 2. The predicted octanol–water partition coefficient (Wildman–Crippen LogP) is 0.444. The van der Waals surface area contributed by atoms with E-state index in [4.69, 9.17) is 5.11 Å². The van der Waals surface area contributed by atoms with Gasteiger partial charge < -0.3 is 29.9 Å². The van der Waals surface area contributed by atoms with Crippen molar-refractivity contribution in [1.82, 2.24) is 0 Å². The van der Waals surface area contributed by atoms with Gasteiger partial charge in [0.2, 0.25) is 0 Å². The van der Waals surface area contributed by atoms with Gasteiger partial charge >= 0.3 is 21.7 Å². The summed E-state index contributed by atoms with van der Waals surface area (Å²) in [7, 11) is 1.00. The fourth-order valence-corrected chi connectivity index (χ4v) is 2.83. The van der Waals surface area contributed by atoms with Crippen LogP contribution in [0.25, 0.3) is 5.57 Å². The molecule has 164 valence electrons. The van der Waals surface area contributed by atoms with Crippen molar-refractivity contribution in [1.29, 1.82) is 0 Å². The number of allylic oxidation sites excluding steroid dienone is 4. The smallest absolute Gasteiger partial charge is 1.00 e. The fourth-order valence-electron chi connectivity index (χ4n) is 2.83. The summed E-state index contributed by atoms with van der Waals surface area (Å²) < 4.78 is 0. The fraction of sp³-hybridized carbons (Fsp3) is 0.185. The Morgan fingerprint density at radius 2 is 1.16 bits per heavy atom. The van der Waals surface area contributed by atoms with E-state index in [-0.39, 0.29) is 46.5 Å². The summed E-state index contributed by atoms with van der Waals surface area (Å²) in [6, 6.07) is 36.5. The van der Waals surface area contributed by atoms with Gasteiger partial charge in [0.1, 0.15) is 0 Å². The Balaban J connectivity index is -0.000000391. The zero-order valence-corrected chi connectivity index (χ0v) is 21.5. The first-order valence-corrected chi connectivity index (χ1v) is 9.33. The Hall–Kier alpha value is -1.61. The molecule has 0 heterocycles. The molecule has 1 unspecified atom stereocenters. The van der Waals surface area contributed by atoms with Gasteiger partial charge in [-0.1, -0.05) is 24.1 Å². The molecular weight excluding hydrogens is 459 g/mol. The molecule has 1 aliphatic rings. The molecule has 3 aromatic carbocycles. The van der Waals surface area contributed by atoms with E-state index < -0.39 is 0 Å². The van der Waals surface area contributed by atoms with E-state index in [2.05, 4.69) is 57.2 Å². The Kier molecular flexibility index (Phi) is 23.7. The topological polar surface area (TPSA) is 20.2 Å². The number of rotatable bonds is 1. The van der Waals surface area contributed by atoms with Gasteiger partial charge in [-0.25, -0.2) is 0 Å². The van der Waals surface area contributed by atoms with Gasteiger partial charge in [0.05, 0.1) is 0 Å². The van der Waals surface area contributed by atoms with Crippen molar-refractivity contribution in [3.05, 3.63) is 126 Å². The van der Waals surface area contributed by atoms with Crippen molar-refractivity contribution < 1.29 is 51.6 Å². The van der Waals surface area contributed by atoms with Crippen molar-refractivity contribution in [3.8, 4) is 0 Å². The first-order valence-electron chi connectivity index (χ1n) is 9.33. The average Bonchev–Trinajstić information content (AvgIpc) is 3.05. The summed E-state index contributed by atoms with van der Waals surface area (Å²) in [5.74, 6) is 0.536.